The number of hydrogen-bond donors (Lipinski definition) is 3. The lowest BCUT2D eigenvalue weighted by Gasteiger charge is -2.25. The molecule has 0 unspecified atom stereocenters. The number of rotatable bonds is 5. The zero-order chi connectivity index (χ0) is 17.5. The fourth-order valence-corrected chi connectivity index (χ4v) is 2.81. The number of hydrogen-bond acceptors (Lipinski definition) is 3. The van der Waals surface area contributed by atoms with Gasteiger partial charge in [0, 0.05) is 36.2 Å². The van der Waals surface area contributed by atoms with Crippen LogP contribution in [0.3, 0.4) is 0 Å². The number of aromatic nitrogens is 1. The Morgan fingerprint density at radius 2 is 2.08 bits per heavy atom. The van der Waals surface area contributed by atoms with Gasteiger partial charge in [-0.25, -0.2) is 0 Å². The van der Waals surface area contributed by atoms with Gasteiger partial charge in [-0.05, 0) is 42.9 Å². The molecule has 4 N–H and O–H groups in total. The van der Waals surface area contributed by atoms with E-state index in [2.05, 4.69) is 55.2 Å². The zero-order valence-corrected chi connectivity index (χ0v) is 15.1. The molecule has 1 aromatic heterocycles. The van der Waals surface area contributed by atoms with Crippen molar-refractivity contribution in [1.82, 2.24) is 10.3 Å². The number of fused-ring (bicyclic) bond motifs is 1. The Kier molecular flexibility index (Phi) is 4.20. The summed E-state index contributed by atoms with van der Waals surface area (Å²) in [6.45, 7) is 7.74. The standard InChI is InChI=1S/C19H28N4O/c1-19(2,3)9-10-23(4)13-7-8-14-15(11-13)22-17(20)16(14)18(24)21-12-5-6-12/h7-8,11-12,22H,5-6,9-10,20H2,1-4H3,(H,21,24). The van der Waals surface area contributed by atoms with Gasteiger partial charge in [-0.1, -0.05) is 20.8 Å². The number of anilines is 2. The Labute approximate surface area is 143 Å². The first-order chi connectivity index (χ1) is 11.2. The van der Waals surface area contributed by atoms with Crippen LogP contribution in [0.15, 0.2) is 18.2 Å². The molecule has 1 aliphatic carbocycles. The maximum Gasteiger partial charge on any atom is 0.255 e. The van der Waals surface area contributed by atoms with Crippen molar-refractivity contribution in [3.63, 3.8) is 0 Å². The summed E-state index contributed by atoms with van der Waals surface area (Å²) in [5.74, 6) is 0.368. The normalized spacial score (nSPS) is 14.8. The van der Waals surface area contributed by atoms with Crippen LogP contribution in [0.4, 0.5) is 11.5 Å². The number of nitrogens with two attached hydrogens (primary N) is 1. The molecule has 2 aromatic rings. The number of nitrogen functional groups attached to an aromatic ring is 1. The van der Waals surface area contributed by atoms with E-state index >= 15 is 0 Å². The molecule has 5 heteroatoms. The van der Waals surface area contributed by atoms with Crippen LogP contribution in [0.5, 0.6) is 0 Å². The van der Waals surface area contributed by atoms with E-state index in [4.69, 9.17) is 5.73 Å². The summed E-state index contributed by atoms with van der Waals surface area (Å²) in [5, 5.41) is 3.90. The molecular weight excluding hydrogens is 300 g/mol. The SMILES string of the molecule is CN(CCC(C)(C)C)c1ccc2c(C(=O)NC3CC3)c(N)[nH]c2c1. The van der Waals surface area contributed by atoms with Crippen LogP contribution < -0.4 is 16.0 Å². The number of carbonyl (C=O) groups excluding carboxylic acids is 1. The highest BCUT2D eigenvalue weighted by atomic mass is 16.1. The number of nitrogens with one attached hydrogen (secondary N) is 2. The first-order valence-electron chi connectivity index (χ1n) is 8.68. The van der Waals surface area contributed by atoms with E-state index in [0.717, 1.165) is 42.4 Å². The minimum absolute atomic E-state index is 0.0740. The fraction of sp³-hybridized carbons (Fsp3) is 0.526. The summed E-state index contributed by atoms with van der Waals surface area (Å²) in [6.07, 6.45) is 3.25. The summed E-state index contributed by atoms with van der Waals surface area (Å²) < 4.78 is 0. The molecule has 3 rings (SSSR count). The first kappa shape index (κ1) is 16.7. The van der Waals surface area contributed by atoms with E-state index in [9.17, 15) is 4.79 Å². The molecule has 1 amide bonds. The average Bonchev–Trinajstić information content (AvgIpc) is 3.23. The molecule has 1 heterocycles. The Morgan fingerprint density at radius 1 is 1.38 bits per heavy atom. The second kappa shape index (κ2) is 6.04. The van der Waals surface area contributed by atoms with E-state index in [-0.39, 0.29) is 5.91 Å². The summed E-state index contributed by atoms with van der Waals surface area (Å²) in [6, 6.07) is 6.45. The Balaban J connectivity index is 1.82. The zero-order valence-electron chi connectivity index (χ0n) is 15.1. The van der Waals surface area contributed by atoms with Gasteiger partial charge in [0.15, 0.2) is 0 Å². The summed E-state index contributed by atoms with van der Waals surface area (Å²) in [5.41, 5.74) is 8.98. The average molecular weight is 328 g/mol. The molecule has 1 fully saturated rings. The van der Waals surface area contributed by atoms with E-state index < -0.39 is 0 Å². The molecule has 0 atom stereocenters. The smallest absolute Gasteiger partial charge is 0.255 e. The molecule has 0 spiro atoms. The molecule has 0 radical (unpaired) electrons. The number of carbonyl (C=O) groups is 1. The topological polar surface area (TPSA) is 74.2 Å². The van der Waals surface area contributed by atoms with Crippen LogP contribution in [0.1, 0.15) is 50.4 Å². The number of H-pyrrole nitrogens is 1. The number of benzene rings is 1. The monoisotopic (exact) mass is 328 g/mol. The van der Waals surface area contributed by atoms with Crippen LogP contribution >= 0.6 is 0 Å². The molecule has 0 aliphatic heterocycles. The van der Waals surface area contributed by atoms with Crippen molar-refractivity contribution in [2.45, 2.75) is 46.1 Å². The van der Waals surface area contributed by atoms with Crippen LogP contribution in [-0.4, -0.2) is 30.5 Å². The lowest BCUT2D eigenvalue weighted by atomic mass is 9.92. The van der Waals surface area contributed by atoms with E-state index in [1.54, 1.807) is 0 Å². The highest BCUT2D eigenvalue weighted by Crippen LogP contribution is 2.30. The second-order valence-corrected chi connectivity index (χ2v) is 8.12. The molecule has 0 bridgehead atoms. The number of aromatic amines is 1. The second-order valence-electron chi connectivity index (χ2n) is 8.12. The molecule has 24 heavy (non-hydrogen) atoms. The highest BCUT2D eigenvalue weighted by molar-refractivity contribution is 6.11. The summed E-state index contributed by atoms with van der Waals surface area (Å²) in [7, 11) is 2.10. The highest BCUT2D eigenvalue weighted by Gasteiger charge is 2.26. The van der Waals surface area contributed by atoms with Gasteiger partial charge in [0.25, 0.3) is 5.91 Å². The Hall–Kier alpha value is -2.17. The quantitative estimate of drug-likeness (QED) is 0.786. The van der Waals surface area contributed by atoms with Crippen molar-refractivity contribution >= 4 is 28.3 Å². The van der Waals surface area contributed by atoms with Crippen molar-refractivity contribution in [3.8, 4) is 0 Å². The predicted octanol–water partition coefficient (Wildman–Crippen LogP) is 3.51. The maximum atomic E-state index is 12.4. The third-order valence-electron chi connectivity index (χ3n) is 4.59. The van der Waals surface area contributed by atoms with Gasteiger partial charge in [0.2, 0.25) is 0 Å². The van der Waals surface area contributed by atoms with Crippen LogP contribution in [0.25, 0.3) is 10.9 Å². The van der Waals surface area contributed by atoms with Gasteiger partial charge < -0.3 is 20.9 Å². The van der Waals surface area contributed by atoms with E-state index in [1.165, 1.54) is 0 Å². The van der Waals surface area contributed by atoms with Crippen molar-refractivity contribution in [2.24, 2.45) is 5.41 Å². The third-order valence-corrected chi connectivity index (χ3v) is 4.59. The maximum absolute atomic E-state index is 12.4. The van der Waals surface area contributed by atoms with Crippen molar-refractivity contribution < 1.29 is 4.79 Å². The minimum Gasteiger partial charge on any atom is -0.385 e. The Morgan fingerprint density at radius 3 is 2.71 bits per heavy atom. The van der Waals surface area contributed by atoms with Gasteiger partial charge >= 0.3 is 0 Å². The lowest BCUT2D eigenvalue weighted by molar-refractivity contribution is 0.0953. The largest absolute Gasteiger partial charge is 0.385 e. The number of nitrogens with zero attached hydrogens (tertiary/aromatic N) is 1. The lowest BCUT2D eigenvalue weighted by Crippen LogP contribution is -2.25. The third kappa shape index (κ3) is 3.66. The minimum atomic E-state index is -0.0740. The fourth-order valence-electron chi connectivity index (χ4n) is 2.81. The van der Waals surface area contributed by atoms with Crippen LogP contribution in [0, 0.1) is 5.41 Å². The molecule has 130 valence electrons. The molecule has 1 aromatic carbocycles. The molecule has 1 saturated carbocycles. The van der Waals surface area contributed by atoms with Crippen molar-refractivity contribution in [1.29, 1.82) is 0 Å². The predicted molar refractivity (Wildman–Crippen MR) is 101 cm³/mol. The molecule has 1 aliphatic rings. The van der Waals surface area contributed by atoms with Gasteiger partial charge in [-0.15, -0.1) is 0 Å². The van der Waals surface area contributed by atoms with Crippen molar-refractivity contribution in [3.05, 3.63) is 23.8 Å². The van der Waals surface area contributed by atoms with Crippen molar-refractivity contribution in [2.75, 3.05) is 24.2 Å². The molecule has 5 nitrogen and oxygen atoms in total. The van der Waals surface area contributed by atoms with Gasteiger partial charge in [-0.2, -0.15) is 0 Å². The molecule has 0 saturated heterocycles. The molecular formula is C19H28N4O. The van der Waals surface area contributed by atoms with Gasteiger partial charge in [0.1, 0.15) is 5.82 Å². The van der Waals surface area contributed by atoms with Crippen LogP contribution in [-0.2, 0) is 0 Å². The van der Waals surface area contributed by atoms with E-state index in [1.807, 2.05) is 6.07 Å². The Bertz CT molecular complexity index is 753. The van der Waals surface area contributed by atoms with Crippen LogP contribution in [0.2, 0.25) is 0 Å². The first-order valence-corrected chi connectivity index (χ1v) is 8.68. The number of amides is 1. The van der Waals surface area contributed by atoms with E-state index in [0.29, 0.717) is 22.8 Å². The van der Waals surface area contributed by atoms with Gasteiger partial charge in [-0.3, -0.25) is 4.79 Å². The summed E-state index contributed by atoms with van der Waals surface area (Å²) in [4.78, 5) is 17.8. The van der Waals surface area contributed by atoms with Gasteiger partial charge in [0.05, 0.1) is 5.56 Å². The summed E-state index contributed by atoms with van der Waals surface area (Å²) >= 11 is 0.